The van der Waals surface area contributed by atoms with Gasteiger partial charge in [0.25, 0.3) is 0 Å². The largest absolute Gasteiger partial charge is 0.324 e. The van der Waals surface area contributed by atoms with E-state index in [1.807, 2.05) is 60.7 Å². The van der Waals surface area contributed by atoms with Crippen LogP contribution in [-0.2, 0) is 0 Å². The van der Waals surface area contributed by atoms with Gasteiger partial charge < -0.3 is 10.9 Å². The Morgan fingerprint density at radius 2 is 0.944 bits per heavy atom. The Bertz CT molecular complexity index is 465. The molecule has 0 aliphatic rings. The lowest BCUT2D eigenvalue weighted by Gasteiger charge is -2.00. The van der Waals surface area contributed by atoms with Crippen LogP contribution in [-0.4, -0.2) is 0 Å². The molecule has 0 fully saturated rings. The molecule has 18 heavy (non-hydrogen) atoms. The highest BCUT2D eigenvalue weighted by Crippen LogP contribution is 2.13. The van der Waals surface area contributed by atoms with Crippen LogP contribution < -0.4 is 22.5 Å². The van der Waals surface area contributed by atoms with Gasteiger partial charge in [-0.15, -0.1) is 0 Å². The summed E-state index contributed by atoms with van der Waals surface area (Å²) in [5.74, 6) is 10.6. The highest BCUT2D eigenvalue weighted by Gasteiger charge is 1.91. The fourth-order valence-corrected chi connectivity index (χ4v) is 1.57. The Morgan fingerprint density at radius 1 is 0.611 bits per heavy atom. The highest BCUT2D eigenvalue weighted by molar-refractivity contribution is 5.71. The summed E-state index contributed by atoms with van der Waals surface area (Å²) in [4.78, 5) is 0. The summed E-state index contributed by atoms with van der Waals surface area (Å²) in [7, 11) is 0. The van der Waals surface area contributed by atoms with E-state index in [2.05, 4.69) is 10.9 Å². The number of hydrazine groups is 2. The molecule has 0 radical (unpaired) electrons. The second-order valence-electron chi connectivity index (χ2n) is 3.87. The third-order valence-electron chi connectivity index (χ3n) is 2.62. The van der Waals surface area contributed by atoms with E-state index in [-0.39, 0.29) is 0 Å². The van der Waals surface area contributed by atoms with E-state index in [9.17, 15) is 0 Å². The average molecular weight is 240 g/mol. The molecular weight excluding hydrogens is 224 g/mol. The zero-order valence-corrected chi connectivity index (χ0v) is 9.93. The summed E-state index contributed by atoms with van der Waals surface area (Å²) in [5.41, 5.74) is 9.22. The maximum atomic E-state index is 5.31. The lowest BCUT2D eigenvalue weighted by Crippen LogP contribution is -2.06. The number of anilines is 2. The molecule has 0 amide bonds. The summed E-state index contributed by atoms with van der Waals surface area (Å²) in [5, 5.41) is 0. The Kier molecular flexibility index (Phi) is 3.96. The molecule has 0 heterocycles. The molecule has 0 atom stereocenters. The van der Waals surface area contributed by atoms with Gasteiger partial charge in [0.15, 0.2) is 0 Å². The maximum absolute atomic E-state index is 5.31. The van der Waals surface area contributed by atoms with Crippen molar-refractivity contribution in [3.8, 4) is 0 Å². The first-order chi connectivity index (χ1) is 8.81. The Labute approximate surface area is 106 Å². The van der Waals surface area contributed by atoms with Crippen LogP contribution in [0, 0.1) is 0 Å². The minimum atomic E-state index is 0.894. The molecule has 0 bridgehead atoms. The molecule has 92 valence electrons. The lowest BCUT2D eigenvalue weighted by molar-refractivity contribution is 1.35. The molecule has 4 heteroatoms. The predicted octanol–water partition coefficient (Wildman–Crippen LogP) is 2.43. The third kappa shape index (κ3) is 3.10. The van der Waals surface area contributed by atoms with Crippen LogP contribution in [0.5, 0.6) is 0 Å². The Morgan fingerprint density at radius 3 is 1.22 bits per heavy atom. The molecule has 4 nitrogen and oxygen atoms in total. The molecule has 6 N–H and O–H groups in total. The molecular formula is C14H16N4. The molecule has 0 unspecified atom stereocenters. The normalized spacial score (nSPS) is 10.6. The lowest BCUT2D eigenvalue weighted by atomic mass is 10.1. The first-order valence-corrected chi connectivity index (χ1v) is 5.63. The van der Waals surface area contributed by atoms with Crippen molar-refractivity contribution in [2.45, 2.75) is 0 Å². The molecule has 0 spiro atoms. The standard InChI is InChI=1S/C14H16N4/c15-17-13-7-3-11(4-8-13)1-2-12-5-9-14(18-16)10-6-12/h1-10,17-18H,15-16H2/b2-1+. The van der Waals surface area contributed by atoms with Gasteiger partial charge in [0.05, 0.1) is 0 Å². The van der Waals surface area contributed by atoms with Gasteiger partial charge in [0.1, 0.15) is 0 Å². The number of benzene rings is 2. The minimum absolute atomic E-state index is 0.894. The van der Waals surface area contributed by atoms with Crippen molar-refractivity contribution in [1.82, 2.24) is 0 Å². The van der Waals surface area contributed by atoms with Crippen LogP contribution in [0.1, 0.15) is 11.1 Å². The second-order valence-corrected chi connectivity index (χ2v) is 3.87. The van der Waals surface area contributed by atoms with Gasteiger partial charge in [-0.1, -0.05) is 36.4 Å². The van der Waals surface area contributed by atoms with E-state index in [1.54, 1.807) is 0 Å². The van der Waals surface area contributed by atoms with E-state index < -0.39 is 0 Å². The molecule has 0 aliphatic heterocycles. The van der Waals surface area contributed by atoms with Crippen molar-refractivity contribution in [2.24, 2.45) is 11.7 Å². The summed E-state index contributed by atoms with van der Waals surface area (Å²) in [6.45, 7) is 0. The molecule has 0 saturated carbocycles. The number of nitrogens with two attached hydrogens (primary N) is 2. The van der Waals surface area contributed by atoms with Gasteiger partial charge in [0.2, 0.25) is 0 Å². The summed E-state index contributed by atoms with van der Waals surface area (Å²) in [6, 6.07) is 15.7. The first-order valence-electron chi connectivity index (χ1n) is 5.63. The third-order valence-corrected chi connectivity index (χ3v) is 2.62. The number of hydrogen-bond donors (Lipinski definition) is 4. The fourth-order valence-electron chi connectivity index (χ4n) is 1.57. The zero-order chi connectivity index (χ0) is 12.8. The summed E-state index contributed by atoms with van der Waals surface area (Å²) < 4.78 is 0. The Balaban J connectivity index is 2.08. The van der Waals surface area contributed by atoms with Gasteiger partial charge in [-0.05, 0) is 35.4 Å². The first kappa shape index (κ1) is 12.2. The minimum Gasteiger partial charge on any atom is -0.324 e. The van der Waals surface area contributed by atoms with Crippen molar-refractivity contribution in [2.75, 3.05) is 10.9 Å². The smallest absolute Gasteiger partial charge is 0.0485 e. The van der Waals surface area contributed by atoms with Crippen LogP contribution in [0.25, 0.3) is 12.2 Å². The number of nitrogen functional groups attached to an aromatic ring is 2. The maximum Gasteiger partial charge on any atom is 0.0485 e. The fraction of sp³-hybridized carbons (Fsp3) is 0. The van der Waals surface area contributed by atoms with Crippen LogP contribution in [0.2, 0.25) is 0 Å². The molecule has 0 saturated heterocycles. The van der Waals surface area contributed by atoms with Crippen LogP contribution in [0.15, 0.2) is 48.5 Å². The van der Waals surface area contributed by atoms with Crippen molar-refractivity contribution >= 4 is 23.5 Å². The van der Waals surface area contributed by atoms with E-state index >= 15 is 0 Å². The summed E-state index contributed by atoms with van der Waals surface area (Å²) >= 11 is 0. The molecule has 2 aromatic rings. The molecule has 0 aromatic heterocycles. The van der Waals surface area contributed by atoms with Crippen molar-refractivity contribution in [3.63, 3.8) is 0 Å². The number of rotatable bonds is 4. The van der Waals surface area contributed by atoms with Gasteiger partial charge in [-0.3, -0.25) is 11.7 Å². The quantitative estimate of drug-likeness (QED) is 0.376. The molecule has 2 rings (SSSR count). The van der Waals surface area contributed by atoms with Gasteiger partial charge in [-0.25, -0.2) is 0 Å². The monoisotopic (exact) mass is 240 g/mol. The van der Waals surface area contributed by atoms with Crippen LogP contribution in [0.4, 0.5) is 11.4 Å². The topological polar surface area (TPSA) is 76.1 Å². The van der Waals surface area contributed by atoms with Gasteiger partial charge in [0, 0.05) is 11.4 Å². The van der Waals surface area contributed by atoms with E-state index in [4.69, 9.17) is 11.7 Å². The average Bonchev–Trinajstić information content (AvgIpc) is 2.46. The Hall–Kier alpha value is -2.30. The number of nitrogens with one attached hydrogen (secondary N) is 2. The SMILES string of the molecule is NNc1ccc(/C=C/c2ccc(NN)cc2)cc1. The van der Waals surface area contributed by atoms with Crippen molar-refractivity contribution in [3.05, 3.63) is 59.7 Å². The van der Waals surface area contributed by atoms with Crippen LogP contribution in [0.3, 0.4) is 0 Å². The van der Waals surface area contributed by atoms with Gasteiger partial charge >= 0.3 is 0 Å². The summed E-state index contributed by atoms with van der Waals surface area (Å²) in [6.07, 6.45) is 4.09. The van der Waals surface area contributed by atoms with Gasteiger partial charge in [-0.2, -0.15) is 0 Å². The van der Waals surface area contributed by atoms with E-state index in [1.165, 1.54) is 0 Å². The number of hydrogen-bond acceptors (Lipinski definition) is 4. The molecule has 2 aromatic carbocycles. The van der Waals surface area contributed by atoms with E-state index in [0.29, 0.717) is 0 Å². The van der Waals surface area contributed by atoms with Crippen LogP contribution >= 0.6 is 0 Å². The van der Waals surface area contributed by atoms with E-state index in [0.717, 1.165) is 22.5 Å². The second kappa shape index (κ2) is 5.86. The highest BCUT2D eigenvalue weighted by atomic mass is 15.2. The predicted molar refractivity (Wildman–Crippen MR) is 77.4 cm³/mol. The van der Waals surface area contributed by atoms with Crippen molar-refractivity contribution < 1.29 is 0 Å². The van der Waals surface area contributed by atoms with Crippen molar-refractivity contribution in [1.29, 1.82) is 0 Å². The zero-order valence-electron chi connectivity index (χ0n) is 9.93. The molecule has 0 aliphatic carbocycles.